The SMILES string of the molecule is CN1CCN(c2ccc(Nc3ncc4c(n3)N3CCN=C3N(c3cccc(Cl)c3Cl)C4=O)cc2)CC1. The molecule has 0 aliphatic carbocycles. The van der Waals surface area contributed by atoms with Crippen molar-refractivity contribution in [1.82, 2.24) is 14.9 Å². The normalized spacial score (nSPS) is 17.7. The topological polar surface area (TPSA) is 80.2 Å². The van der Waals surface area contributed by atoms with Crippen molar-refractivity contribution in [2.75, 3.05) is 66.3 Å². The number of carbonyl (C=O) groups excluding carboxylic acids is 1. The van der Waals surface area contributed by atoms with Gasteiger partial charge in [0.15, 0.2) is 5.82 Å². The van der Waals surface area contributed by atoms with E-state index >= 15 is 0 Å². The number of hydrogen-bond donors (Lipinski definition) is 1. The fourth-order valence-corrected chi connectivity index (χ4v) is 5.04. The second kappa shape index (κ2) is 9.24. The molecular weight excluding hydrogens is 499 g/mol. The van der Waals surface area contributed by atoms with E-state index in [0.29, 0.717) is 52.1 Å². The minimum absolute atomic E-state index is 0.296. The van der Waals surface area contributed by atoms with Crippen LogP contribution in [0.1, 0.15) is 10.4 Å². The molecule has 1 N–H and O–H groups in total. The number of aromatic nitrogens is 2. The highest BCUT2D eigenvalue weighted by molar-refractivity contribution is 6.45. The second-order valence-corrected chi connectivity index (χ2v) is 9.73. The van der Waals surface area contributed by atoms with E-state index in [9.17, 15) is 4.79 Å². The summed E-state index contributed by atoms with van der Waals surface area (Å²) < 4.78 is 0. The fourth-order valence-electron chi connectivity index (χ4n) is 4.66. The molecule has 0 bridgehead atoms. The third-order valence-electron chi connectivity index (χ3n) is 6.64. The van der Waals surface area contributed by atoms with E-state index in [2.05, 4.69) is 44.3 Å². The number of halogens is 2. The lowest BCUT2D eigenvalue weighted by Gasteiger charge is -2.35. The van der Waals surface area contributed by atoms with Crippen LogP contribution in [-0.4, -0.2) is 73.1 Å². The Morgan fingerprint density at radius 1 is 0.972 bits per heavy atom. The van der Waals surface area contributed by atoms with Crippen molar-refractivity contribution < 1.29 is 4.79 Å². The first-order valence-corrected chi connectivity index (χ1v) is 12.5. The molecule has 3 aliphatic rings. The Morgan fingerprint density at radius 3 is 2.53 bits per heavy atom. The van der Waals surface area contributed by atoms with Crippen LogP contribution >= 0.6 is 23.2 Å². The van der Waals surface area contributed by atoms with E-state index in [0.717, 1.165) is 31.9 Å². The molecule has 0 unspecified atom stereocenters. The number of nitrogens with one attached hydrogen (secondary N) is 1. The minimum atomic E-state index is -0.297. The van der Waals surface area contributed by atoms with Gasteiger partial charge < -0.3 is 15.1 Å². The predicted molar refractivity (Wildman–Crippen MR) is 144 cm³/mol. The summed E-state index contributed by atoms with van der Waals surface area (Å²) in [7, 11) is 2.15. The average molecular weight is 523 g/mol. The van der Waals surface area contributed by atoms with E-state index in [1.54, 1.807) is 24.4 Å². The van der Waals surface area contributed by atoms with Crippen LogP contribution in [-0.2, 0) is 0 Å². The number of anilines is 5. The molecule has 0 spiro atoms. The summed E-state index contributed by atoms with van der Waals surface area (Å²) in [5.41, 5.74) is 2.93. The molecule has 184 valence electrons. The number of nitrogens with zero attached hydrogens (tertiary/aromatic N) is 7. The van der Waals surface area contributed by atoms with E-state index < -0.39 is 0 Å². The van der Waals surface area contributed by atoms with E-state index in [1.165, 1.54) is 10.6 Å². The first-order valence-electron chi connectivity index (χ1n) is 11.8. The van der Waals surface area contributed by atoms with Gasteiger partial charge in [-0.1, -0.05) is 29.3 Å². The van der Waals surface area contributed by atoms with E-state index in [-0.39, 0.29) is 5.91 Å². The van der Waals surface area contributed by atoms with Crippen molar-refractivity contribution in [3.63, 3.8) is 0 Å². The van der Waals surface area contributed by atoms with Gasteiger partial charge in [-0.3, -0.25) is 14.7 Å². The molecule has 0 saturated carbocycles. The Labute approximate surface area is 219 Å². The number of likely N-dealkylation sites (N-methyl/N-ethyl adjacent to an activating group) is 1. The van der Waals surface area contributed by atoms with Gasteiger partial charge in [0.25, 0.3) is 5.91 Å². The Kier molecular flexibility index (Phi) is 5.91. The van der Waals surface area contributed by atoms with Crippen LogP contribution in [0.25, 0.3) is 0 Å². The van der Waals surface area contributed by atoms with Crippen LogP contribution in [0.5, 0.6) is 0 Å². The number of piperazine rings is 1. The Morgan fingerprint density at radius 2 is 1.75 bits per heavy atom. The maximum atomic E-state index is 13.5. The Bertz CT molecular complexity index is 1350. The fraction of sp³-hybridized carbons (Fsp3) is 0.280. The number of carbonyl (C=O) groups is 1. The maximum absolute atomic E-state index is 13.5. The summed E-state index contributed by atoms with van der Waals surface area (Å²) in [6.07, 6.45) is 1.55. The average Bonchev–Trinajstić information content (AvgIpc) is 3.37. The molecule has 0 radical (unpaired) electrons. The Hall–Kier alpha value is -3.40. The van der Waals surface area contributed by atoms with Gasteiger partial charge in [0.05, 0.1) is 22.3 Å². The lowest BCUT2D eigenvalue weighted by atomic mass is 10.1. The second-order valence-electron chi connectivity index (χ2n) is 8.94. The Balaban J connectivity index is 1.26. The zero-order valence-corrected chi connectivity index (χ0v) is 21.2. The van der Waals surface area contributed by atoms with Gasteiger partial charge in [-0.05, 0) is 43.4 Å². The van der Waals surface area contributed by atoms with Gasteiger partial charge in [0.1, 0.15) is 5.56 Å². The van der Waals surface area contributed by atoms with Gasteiger partial charge in [0.2, 0.25) is 11.9 Å². The molecule has 6 rings (SSSR count). The highest BCUT2D eigenvalue weighted by Crippen LogP contribution is 2.38. The van der Waals surface area contributed by atoms with Gasteiger partial charge >= 0.3 is 0 Å². The van der Waals surface area contributed by atoms with Gasteiger partial charge in [-0.15, -0.1) is 0 Å². The molecule has 1 saturated heterocycles. The lowest BCUT2D eigenvalue weighted by molar-refractivity contribution is 0.1000. The monoisotopic (exact) mass is 522 g/mol. The summed E-state index contributed by atoms with van der Waals surface area (Å²) in [5, 5.41) is 3.93. The molecule has 3 aliphatic heterocycles. The largest absolute Gasteiger partial charge is 0.369 e. The van der Waals surface area contributed by atoms with E-state index in [4.69, 9.17) is 28.2 Å². The molecule has 2 aromatic carbocycles. The van der Waals surface area contributed by atoms with Crippen molar-refractivity contribution in [3.8, 4) is 0 Å². The maximum Gasteiger partial charge on any atom is 0.270 e. The third-order valence-corrected chi connectivity index (χ3v) is 7.45. The van der Waals surface area contributed by atoms with Crippen LogP contribution in [0.4, 0.5) is 28.8 Å². The van der Waals surface area contributed by atoms with Crippen molar-refractivity contribution in [2.24, 2.45) is 4.99 Å². The zero-order valence-electron chi connectivity index (χ0n) is 19.7. The number of hydrogen-bond acceptors (Lipinski definition) is 8. The molecule has 9 nitrogen and oxygen atoms in total. The highest BCUT2D eigenvalue weighted by Gasteiger charge is 2.40. The number of aliphatic imine (C=N–C) groups is 1. The number of benzene rings is 2. The van der Waals surface area contributed by atoms with Crippen LogP contribution in [0.2, 0.25) is 10.0 Å². The molecule has 4 heterocycles. The van der Waals surface area contributed by atoms with Crippen LogP contribution < -0.4 is 20.0 Å². The van der Waals surface area contributed by atoms with Crippen molar-refractivity contribution >= 4 is 63.9 Å². The minimum Gasteiger partial charge on any atom is -0.369 e. The van der Waals surface area contributed by atoms with E-state index in [1.807, 2.05) is 17.0 Å². The first-order chi connectivity index (χ1) is 17.5. The first kappa shape index (κ1) is 23.0. The van der Waals surface area contributed by atoms with Gasteiger partial charge in [-0.25, -0.2) is 9.88 Å². The van der Waals surface area contributed by atoms with Crippen LogP contribution in [0, 0.1) is 0 Å². The molecule has 1 amide bonds. The predicted octanol–water partition coefficient (Wildman–Crippen LogP) is 4.12. The van der Waals surface area contributed by atoms with Crippen LogP contribution in [0.15, 0.2) is 53.7 Å². The number of amides is 1. The van der Waals surface area contributed by atoms with Crippen molar-refractivity contribution in [3.05, 3.63) is 64.3 Å². The summed E-state index contributed by atoms with van der Waals surface area (Å²) in [5.74, 6) is 1.12. The summed E-state index contributed by atoms with van der Waals surface area (Å²) in [6, 6.07) is 13.4. The zero-order chi connectivity index (χ0) is 24.8. The molecule has 36 heavy (non-hydrogen) atoms. The molecule has 1 fully saturated rings. The number of guanidine groups is 1. The number of fused-ring (bicyclic) bond motifs is 3. The molecular formula is C25H24Cl2N8O. The van der Waals surface area contributed by atoms with Gasteiger partial charge in [-0.2, -0.15) is 4.98 Å². The summed E-state index contributed by atoms with van der Waals surface area (Å²) in [6.45, 7) is 5.29. The summed E-state index contributed by atoms with van der Waals surface area (Å²) >= 11 is 12.7. The third kappa shape index (κ3) is 4.03. The highest BCUT2D eigenvalue weighted by atomic mass is 35.5. The van der Waals surface area contributed by atoms with Crippen LogP contribution in [0.3, 0.4) is 0 Å². The number of rotatable bonds is 4. The molecule has 0 atom stereocenters. The quantitative estimate of drug-likeness (QED) is 0.551. The molecule has 3 aromatic rings. The standard InChI is InChI=1S/C25H24Cl2N8O/c1-32-11-13-33(14-12-32)17-7-5-16(6-8-17)30-24-29-15-18-22(31-24)34-10-9-28-25(34)35(23(18)36)20-4-2-3-19(26)21(20)27/h2-8,15H,9-14H2,1H3,(H,29,30,31). The smallest absolute Gasteiger partial charge is 0.270 e. The van der Waals surface area contributed by atoms with Crippen molar-refractivity contribution in [2.45, 2.75) is 0 Å². The molecule has 1 aromatic heterocycles. The van der Waals surface area contributed by atoms with Crippen molar-refractivity contribution in [1.29, 1.82) is 0 Å². The summed E-state index contributed by atoms with van der Waals surface area (Å²) in [4.78, 5) is 35.3. The molecule has 11 heteroatoms. The van der Waals surface area contributed by atoms with Gasteiger partial charge in [0, 0.05) is 50.3 Å². The lowest BCUT2D eigenvalue weighted by Crippen LogP contribution is -2.51.